The van der Waals surface area contributed by atoms with Gasteiger partial charge in [0.2, 0.25) is 0 Å². The summed E-state index contributed by atoms with van der Waals surface area (Å²) < 4.78 is 1.99. The lowest BCUT2D eigenvalue weighted by Gasteiger charge is -2.28. The molecule has 1 amide bonds. The second kappa shape index (κ2) is 5.52. The van der Waals surface area contributed by atoms with Crippen molar-refractivity contribution in [3.63, 3.8) is 0 Å². The van der Waals surface area contributed by atoms with Crippen LogP contribution in [0.1, 0.15) is 22.3 Å². The zero-order chi connectivity index (χ0) is 17.6. The predicted molar refractivity (Wildman–Crippen MR) is 92.6 cm³/mol. The summed E-state index contributed by atoms with van der Waals surface area (Å²) in [5, 5.41) is 13.0. The van der Waals surface area contributed by atoms with Crippen molar-refractivity contribution in [2.24, 2.45) is 12.8 Å². The van der Waals surface area contributed by atoms with E-state index in [2.05, 4.69) is 15.3 Å². The van der Waals surface area contributed by atoms with Crippen LogP contribution in [0.2, 0.25) is 0 Å². The Morgan fingerprint density at radius 2 is 2.04 bits per heavy atom. The Hall–Kier alpha value is -3.55. The number of aromatic nitrogens is 3. The molecule has 0 radical (unpaired) electrons. The minimum atomic E-state index is -0.734. The van der Waals surface area contributed by atoms with E-state index in [1.165, 1.54) is 6.20 Å². The molecule has 0 aliphatic carbocycles. The Labute approximate surface area is 143 Å². The van der Waals surface area contributed by atoms with Gasteiger partial charge in [0, 0.05) is 13.2 Å². The van der Waals surface area contributed by atoms with E-state index in [1.54, 1.807) is 0 Å². The number of nitrogens with zero attached hydrogens (tertiary/aromatic N) is 4. The van der Waals surface area contributed by atoms with Crippen LogP contribution in [0.4, 0.5) is 17.1 Å². The first kappa shape index (κ1) is 15.0. The Kier molecular flexibility index (Phi) is 3.31. The highest BCUT2D eigenvalue weighted by Gasteiger charge is 2.35. The van der Waals surface area contributed by atoms with Crippen molar-refractivity contribution in [2.75, 3.05) is 10.2 Å². The third-order valence-electron chi connectivity index (χ3n) is 4.23. The molecule has 1 atom stereocenters. The van der Waals surface area contributed by atoms with Gasteiger partial charge in [-0.15, -0.1) is 0 Å². The second-order valence-electron chi connectivity index (χ2n) is 5.75. The molecule has 2 aromatic heterocycles. The summed E-state index contributed by atoms with van der Waals surface area (Å²) in [6.45, 7) is 0. The summed E-state index contributed by atoms with van der Waals surface area (Å²) in [6.07, 6.45) is 3.08. The maximum atomic E-state index is 11.9. The number of carbonyl (C=O) groups excluding carboxylic acids is 1. The van der Waals surface area contributed by atoms with Gasteiger partial charge in [0.1, 0.15) is 6.17 Å². The molecule has 4 rings (SSSR count). The Morgan fingerprint density at radius 3 is 2.76 bits per heavy atom. The molecule has 0 saturated carbocycles. The topological polar surface area (TPSA) is 109 Å². The smallest absolute Gasteiger partial charge is 0.314 e. The number of aromatic hydroxyl groups is 1. The molecule has 25 heavy (non-hydrogen) atoms. The summed E-state index contributed by atoms with van der Waals surface area (Å²) in [5.74, 6) is -0.734. The molecule has 126 valence electrons. The highest BCUT2D eigenvalue weighted by atomic mass is 16.3. The van der Waals surface area contributed by atoms with Crippen molar-refractivity contribution >= 4 is 23.0 Å². The molecule has 0 saturated heterocycles. The minimum Gasteiger partial charge on any atom is -0.479 e. The lowest BCUT2D eigenvalue weighted by molar-refractivity contribution is 0.0995. The van der Waals surface area contributed by atoms with Gasteiger partial charge >= 0.3 is 6.01 Å². The normalized spacial score (nSPS) is 15.7. The molecule has 3 aromatic rings. The van der Waals surface area contributed by atoms with Gasteiger partial charge in [0.15, 0.2) is 5.69 Å². The molecular formula is C17H16N6O2. The summed E-state index contributed by atoms with van der Waals surface area (Å²) >= 11 is 0. The van der Waals surface area contributed by atoms with Crippen LogP contribution in [0.3, 0.4) is 0 Å². The fourth-order valence-electron chi connectivity index (χ4n) is 3.11. The van der Waals surface area contributed by atoms with E-state index in [0.717, 1.165) is 17.1 Å². The molecule has 4 N–H and O–H groups in total. The van der Waals surface area contributed by atoms with Crippen LogP contribution in [0, 0.1) is 0 Å². The number of fused-ring (bicyclic) bond motifs is 1. The van der Waals surface area contributed by atoms with Crippen LogP contribution in [0.5, 0.6) is 6.01 Å². The largest absolute Gasteiger partial charge is 0.479 e. The first-order valence-corrected chi connectivity index (χ1v) is 7.68. The predicted octanol–water partition coefficient (Wildman–Crippen LogP) is 1.88. The lowest BCUT2D eigenvalue weighted by atomic mass is 10.2. The highest BCUT2D eigenvalue weighted by molar-refractivity contribution is 5.99. The van der Waals surface area contributed by atoms with E-state index in [0.29, 0.717) is 5.69 Å². The van der Waals surface area contributed by atoms with Crippen LogP contribution in [-0.2, 0) is 7.05 Å². The van der Waals surface area contributed by atoms with E-state index >= 15 is 0 Å². The number of hydrogen-bond donors (Lipinski definition) is 3. The number of para-hydroxylation sites is 2. The summed E-state index contributed by atoms with van der Waals surface area (Å²) in [6, 6.07) is 11.2. The van der Waals surface area contributed by atoms with Gasteiger partial charge < -0.3 is 25.6 Å². The third kappa shape index (κ3) is 2.35. The third-order valence-corrected chi connectivity index (χ3v) is 4.23. The van der Waals surface area contributed by atoms with Gasteiger partial charge in [0.05, 0.1) is 29.0 Å². The number of benzene rings is 1. The van der Waals surface area contributed by atoms with Crippen LogP contribution >= 0.6 is 0 Å². The van der Waals surface area contributed by atoms with Crippen LogP contribution < -0.4 is 16.0 Å². The lowest BCUT2D eigenvalue weighted by Crippen LogP contribution is -2.28. The monoisotopic (exact) mass is 336 g/mol. The Bertz CT molecular complexity index is 967. The minimum absolute atomic E-state index is 0.0368. The number of nitrogens with one attached hydrogen (secondary N) is 1. The quantitative estimate of drug-likeness (QED) is 0.674. The first-order chi connectivity index (χ1) is 12.1. The number of anilines is 3. The zero-order valence-electron chi connectivity index (χ0n) is 13.4. The van der Waals surface area contributed by atoms with Gasteiger partial charge in [0.25, 0.3) is 5.91 Å². The highest BCUT2D eigenvalue weighted by Crippen LogP contribution is 2.46. The fourth-order valence-corrected chi connectivity index (χ4v) is 3.11. The molecule has 1 aliphatic heterocycles. The van der Waals surface area contributed by atoms with Crippen molar-refractivity contribution in [1.82, 2.24) is 14.5 Å². The van der Waals surface area contributed by atoms with Crippen molar-refractivity contribution in [3.05, 3.63) is 60.2 Å². The molecule has 1 aliphatic rings. The SMILES string of the molecule is Cn1cccc1C1Nc2ccccc2N1c1cnc(O)nc1C(N)=O. The maximum absolute atomic E-state index is 11.9. The Balaban J connectivity index is 1.93. The summed E-state index contributed by atoms with van der Waals surface area (Å²) in [7, 11) is 1.94. The van der Waals surface area contributed by atoms with Crippen molar-refractivity contribution in [1.29, 1.82) is 0 Å². The van der Waals surface area contributed by atoms with Crippen LogP contribution in [-0.4, -0.2) is 25.5 Å². The number of aryl methyl sites for hydroxylation is 1. The average molecular weight is 336 g/mol. The fraction of sp³-hybridized carbons (Fsp3) is 0.118. The molecule has 1 unspecified atom stereocenters. The van der Waals surface area contributed by atoms with Gasteiger partial charge in [-0.3, -0.25) is 4.79 Å². The number of amides is 1. The molecule has 0 spiro atoms. The molecule has 8 nitrogen and oxygen atoms in total. The zero-order valence-corrected chi connectivity index (χ0v) is 13.4. The molecule has 1 aromatic carbocycles. The van der Waals surface area contributed by atoms with E-state index in [-0.39, 0.29) is 11.9 Å². The van der Waals surface area contributed by atoms with Crippen molar-refractivity contribution < 1.29 is 9.90 Å². The average Bonchev–Trinajstić information content (AvgIpc) is 3.18. The van der Waals surface area contributed by atoms with Crippen molar-refractivity contribution in [2.45, 2.75) is 6.17 Å². The molecule has 8 heteroatoms. The first-order valence-electron chi connectivity index (χ1n) is 7.68. The molecule has 0 fully saturated rings. The summed E-state index contributed by atoms with van der Waals surface area (Å²) in [5.41, 5.74) is 8.63. The van der Waals surface area contributed by atoms with Crippen LogP contribution in [0.25, 0.3) is 0 Å². The van der Waals surface area contributed by atoms with E-state index < -0.39 is 11.9 Å². The van der Waals surface area contributed by atoms with Crippen molar-refractivity contribution in [3.8, 4) is 6.01 Å². The van der Waals surface area contributed by atoms with Crippen LogP contribution in [0.15, 0.2) is 48.8 Å². The number of nitrogens with two attached hydrogens (primary N) is 1. The standard InChI is InChI=1S/C17H16N6O2/c1-22-8-4-7-12(22)16-20-10-5-2-3-6-11(10)23(16)13-9-19-17(25)21-14(13)15(18)24/h2-9,16,20H,1H3,(H2,18,24)(H,19,21,25). The van der Waals surface area contributed by atoms with E-state index in [1.807, 2.05) is 59.1 Å². The van der Waals surface area contributed by atoms with Gasteiger partial charge in [-0.2, -0.15) is 4.98 Å². The number of hydrogen-bond acceptors (Lipinski definition) is 6. The van der Waals surface area contributed by atoms with Gasteiger partial charge in [-0.05, 0) is 24.3 Å². The van der Waals surface area contributed by atoms with Gasteiger partial charge in [-0.25, -0.2) is 4.98 Å². The number of carbonyl (C=O) groups is 1. The van der Waals surface area contributed by atoms with Gasteiger partial charge in [-0.1, -0.05) is 12.1 Å². The Morgan fingerprint density at radius 1 is 1.24 bits per heavy atom. The number of rotatable bonds is 3. The molecular weight excluding hydrogens is 320 g/mol. The molecule has 0 bridgehead atoms. The van der Waals surface area contributed by atoms with E-state index in [4.69, 9.17) is 5.73 Å². The second-order valence-corrected chi connectivity index (χ2v) is 5.75. The molecule has 3 heterocycles. The number of primary amides is 1. The van der Waals surface area contributed by atoms with E-state index in [9.17, 15) is 9.90 Å². The summed E-state index contributed by atoms with van der Waals surface area (Å²) in [4.78, 5) is 21.4. The maximum Gasteiger partial charge on any atom is 0.314 e.